The average Bonchev–Trinajstić information content (AvgIpc) is 2.41. The number of halogens is 1. The Morgan fingerprint density at radius 3 is 2.35 bits per heavy atom. The van der Waals surface area contributed by atoms with Gasteiger partial charge in [0, 0.05) is 6.08 Å². The highest BCUT2D eigenvalue weighted by Crippen LogP contribution is 2.15. The summed E-state index contributed by atoms with van der Waals surface area (Å²) in [6.07, 6.45) is 3.09. The lowest BCUT2D eigenvalue weighted by molar-refractivity contribution is -0.111. The molecule has 2 rings (SSSR count). The van der Waals surface area contributed by atoms with E-state index in [0.29, 0.717) is 0 Å². The first-order valence-corrected chi connectivity index (χ1v) is 6.36. The predicted molar refractivity (Wildman–Crippen MR) is 80.0 cm³/mol. The van der Waals surface area contributed by atoms with Gasteiger partial charge in [0.1, 0.15) is 5.82 Å². The fourth-order valence-corrected chi connectivity index (χ4v) is 1.75. The van der Waals surface area contributed by atoms with Crippen molar-refractivity contribution in [2.45, 2.75) is 13.8 Å². The minimum absolute atomic E-state index is 0.189. The summed E-state index contributed by atoms with van der Waals surface area (Å²) in [6, 6.07) is 12.5. The van der Waals surface area contributed by atoms with E-state index in [4.69, 9.17) is 0 Å². The Hall–Kier alpha value is -2.42. The van der Waals surface area contributed by atoms with Crippen LogP contribution in [0.1, 0.15) is 16.7 Å². The average molecular weight is 269 g/mol. The van der Waals surface area contributed by atoms with Crippen LogP contribution in [0.5, 0.6) is 0 Å². The van der Waals surface area contributed by atoms with Gasteiger partial charge in [0.15, 0.2) is 0 Å². The number of anilines is 1. The van der Waals surface area contributed by atoms with Gasteiger partial charge in [-0.05, 0) is 43.2 Å². The summed E-state index contributed by atoms with van der Waals surface area (Å²) in [4.78, 5) is 11.7. The molecule has 1 amide bonds. The van der Waals surface area contributed by atoms with Gasteiger partial charge >= 0.3 is 0 Å². The summed E-state index contributed by atoms with van der Waals surface area (Å²) in [5.41, 5.74) is 3.09. The van der Waals surface area contributed by atoms with Crippen LogP contribution in [0, 0.1) is 19.7 Å². The van der Waals surface area contributed by atoms with Gasteiger partial charge in [0.2, 0.25) is 5.91 Å². The maximum absolute atomic E-state index is 13.6. The van der Waals surface area contributed by atoms with Crippen molar-refractivity contribution in [1.29, 1.82) is 0 Å². The molecule has 0 radical (unpaired) electrons. The molecule has 0 saturated heterocycles. The molecule has 0 aliphatic carbocycles. The van der Waals surface area contributed by atoms with Gasteiger partial charge in [0.25, 0.3) is 0 Å². The maximum Gasteiger partial charge on any atom is 0.248 e. The molecule has 0 heterocycles. The quantitative estimate of drug-likeness (QED) is 0.835. The van der Waals surface area contributed by atoms with Gasteiger partial charge in [-0.3, -0.25) is 4.79 Å². The summed E-state index contributed by atoms with van der Waals surface area (Å²) in [7, 11) is 0. The first-order chi connectivity index (χ1) is 9.54. The van der Waals surface area contributed by atoms with Crippen LogP contribution in [-0.2, 0) is 4.79 Å². The number of benzene rings is 2. The summed E-state index contributed by atoms with van der Waals surface area (Å²) in [6.45, 7) is 3.80. The maximum atomic E-state index is 13.6. The minimum Gasteiger partial charge on any atom is -0.320 e. The van der Waals surface area contributed by atoms with E-state index in [0.717, 1.165) is 16.7 Å². The fourth-order valence-electron chi connectivity index (χ4n) is 1.75. The third-order valence-electron chi connectivity index (χ3n) is 2.89. The number of rotatable bonds is 3. The van der Waals surface area contributed by atoms with Crippen LogP contribution in [0.25, 0.3) is 6.08 Å². The Morgan fingerprint density at radius 2 is 1.70 bits per heavy atom. The van der Waals surface area contributed by atoms with E-state index in [1.54, 1.807) is 25.1 Å². The second-order valence-corrected chi connectivity index (χ2v) is 4.72. The largest absolute Gasteiger partial charge is 0.320 e. The van der Waals surface area contributed by atoms with Crippen molar-refractivity contribution in [3.8, 4) is 0 Å². The van der Waals surface area contributed by atoms with Crippen molar-refractivity contribution in [3.63, 3.8) is 0 Å². The van der Waals surface area contributed by atoms with Crippen molar-refractivity contribution in [2.75, 3.05) is 5.32 Å². The summed E-state index contributed by atoms with van der Waals surface area (Å²) in [5, 5.41) is 2.52. The lowest BCUT2D eigenvalue weighted by Gasteiger charge is -2.04. The van der Waals surface area contributed by atoms with Crippen LogP contribution in [0.2, 0.25) is 0 Å². The highest BCUT2D eigenvalue weighted by Gasteiger charge is 2.04. The van der Waals surface area contributed by atoms with E-state index in [1.807, 2.05) is 31.2 Å². The predicted octanol–water partition coefficient (Wildman–Crippen LogP) is 4.09. The Balaban J connectivity index is 2.03. The zero-order chi connectivity index (χ0) is 14.5. The molecule has 2 nitrogen and oxygen atoms in total. The number of nitrogens with one attached hydrogen (secondary N) is 1. The smallest absolute Gasteiger partial charge is 0.248 e. The second-order valence-electron chi connectivity index (χ2n) is 4.72. The number of amides is 1. The molecule has 20 heavy (non-hydrogen) atoms. The molecule has 0 unspecified atom stereocenters. The Bertz CT molecular complexity index is 645. The molecule has 2 aromatic rings. The van der Waals surface area contributed by atoms with Crippen molar-refractivity contribution in [3.05, 3.63) is 71.0 Å². The molecule has 102 valence electrons. The zero-order valence-electron chi connectivity index (χ0n) is 11.5. The van der Waals surface area contributed by atoms with Gasteiger partial charge < -0.3 is 5.32 Å². The van der Waals surface area contributed by atoms with Crippen molar-refractivity contribution in [1.82, 2.24) is 0 Å². The first kappa shape index (κ1) is 14.0. The van der Waals surface area contributed by atoms with Crippen molar-refractivity contribution >= 4 is 17.7 Å². The van der Waals surface area contributed by atoms with Crippen LogP contribution in [0.3, 0.4) is 0 Å². The zero-order valence-corrected chi connectivity index (χ0v) is 11.5. The van der Waals surface area contributed by atoms with Crippen molar-refractivity contribution in [2.24, 2.45) is 0 Å². The van der Waals surface area contributed by atoms with Crippen LogP contribution in [0.4, 0.5) is 10.1 Å². The SMILES string of the molecule is Cc1ccc(/C=C/C(=O)Nc2ccc(C)cc2F)cc1. The van der Waals surface area contributed by atoms with Crippen molar-refractivity contribution < 1.29 is 9.18 Å². The van der Waals surface area contributed by atoms with E-state index in [-0.39, 0.29) is 11.6 Å². The van der Waals surface area contributed by atoms with Gasteiger partial charge in [-0.25, -0.2) is 4.39 Å². The first-order valence-electron chi connectivity index (χ1n) is 6.36. The van der Waals surface area contributed by atoms with Gasteiger partial charge in [-0.2, -0.15) is 0 Å². The van der Waals surface area contributed by atoms with Crippen LogP contribution in [0.15, 0.2) is 48.5 Å². The highest BCUT2D eigenvalue weighted by atomic mass is 19.1. The molecule has 0 fully saturated rings. The van der Waals surface area contributed by atoms with E-state index in [9.17, 15) is 9.18 Å². The normalized spacial score (nSPS) is 10.8. The van der Waals surface area contributed by atoms with Crippen LogP contribution >= 0.6 is 0 Å². The number of hydrogen-bond acceptors (Lipinski definition) is 1. The topological polar surface area (TPSA) is 29.1 Å². The fraction of sp³-hybridized carbons (Fsp3) is 0.118. The molecule has 0 spiro atoms. The molecule has 0 bridgehead atoms. The lowest BCUT2D eigenvalue weighted by atomic mass is 10.1. The molecule has 0 saturated carbocycles. The van der Waals surface area contributed by atoms with Gasteiger partial charge in [0.05, 0.1) is 5.69 Å². The lowest BCUT2D eigenvalue weighted by Crippen LogP contribution is -2.09. The van der Waals surface area contributed by atoms with E-state index in [2.05, 4.69) is 5.32 Å². The second kappa shape index (κ2) is 6.15. The molecule has 0 aromatic heterocycles. The Kier molecular flexibility index (Phi) is 4.31. The number of carbonyl (C=O) groups is 1. The van der Waals surface area contributed by atoms with E-state index >= 15 is 0 Å². The molecule has 1 N–H and O–H groups in total. The van der Waals surface area contributed by atoms with Gasteiger partial charge in [-0.1, -0.05) is 35.9 Å². The third kappa shape index (κ3) is 3.79. The highest BCUT2D eigenvalue weighted by molar-refractivity contribution is 6.02. The summed E-state index contributed by atoms with van der Waals surface area (Å²) < 4.78 is 13.6. The number of hydrogen-bond donors (Lipinski definition) is 1. The Labute approximate surface area is 118 Å². The van der Waals surface area contributed by atoms with Gasteiger partial charge in [-0.15, -0.1) is 0 Å². The monoisotopic (exact) mass is 269 g/mol. The van der Waals surface area contributed by atoms with E-state index in [1.165, 1.54) is 12.1 Å². The molecule has 0 aliphatic rings. The molecule has 0 aliphatic heterocycles. The van der Waals surface area contributed by atoms with Crippen LogP contribution < -0.4 is 5.32 Å². The molecular formula is C17H16FNO. The summed E-state index contributed by atoms with van der Waals surface area (Å²) >= 11 is 0. The minimum atomic E-state index is -0.429. The molecule has 0 atom stereocenters. The van der Waals surface area contributed by atoms with Crippen LogP contribution in [-0.4, -0.2) is 5.91 Å². The Morgan fingerprint density at radius 1 is 1.05 bits per heavy atom. The standard InChI is InChI=1S/C17H16FNO/c1-12-3-6-14(7-4-12)8-10-17(20)19-16-9-5-13(2)11-15(16)18/h3-11H,1-2H3,(H,19,20)/b10-8+. The third-order valence-corrected chi connectivity index (χ3v) is 2.89. The molecule has 3 heteroatoms. The summed E-state index contributed by atoms with van der Waals surface area (Å²) in [5.74, 6) is -0.782. The number of carbonyl (C=O) groups excluding carboxylic acids is 1. The van der Waals surface area contributed by atoms with E-state index < -0.39 is 5.82 Å². The number of aryl methyl sites for hydroxylation is 2. The molecule has 2 aromatic carbocycles. The molecular weight excluding hydrogens is 253 g/mol.